The summed E-state index contributed by atoms with van der Waals surface area (Å²) in [5, 5.41) is 3.79. The van der Waals surface area contributed by atoms with E-state index in [2.05, 4.69) is 9.97 Å². The zero-order valence-corrected chi connectivity index (χ0v) is 17.3. The molecule has 0 radical (unpaired) electrons. The number of ether oxygens (including phenoxy) is 2. The Labute approximate surface area is 170 Å². The van der Waals surface area contributed by atoms with E-state index in [0.717, 1.165) is 5.01 Å². The number of aromatic nitrogens is 2. The number of methoxy groups -OCH3 is 2. The number of hydrogen-bond donors (Lipinski definition) is 0. The van der Waals surface area contributed by atoms with Gasteiger partial charge in [0.1, 0.15) is 11.4 Å². The van der Waals surface area contributed by atoms with Gasteiger partial charge in [-0.1, -0.05) is 11.6 Å². The molecule has 0 aliphatic heterocycles. The molecule has 0 fully saturated rings. The van der Waals surface area contributed by atoms with Crippen molar-refractivity contribution in [3.05, 3.63) is 44.7 Å². The number of carbonyl (C=O) groups is 2. The highest BCUT2D eigenvalue weighted by atomic mass is 35.5. The first-order valence-corrected chi connectivity index (χ1v) is 9.55. The molecule has 0 saturated heterocycles. The van der Waals surface area contributed by atoms with Gasteiger partial charge in [-0.15, -0.1) is 11.3 Å². The molecule has 0 atom stereocenters. The number of carbonyl (C=O) groups excluding carboxylic acids is 2. The van der Waals surface area contributed by atoms with Gasteiger partial charge < -0.3 is 9.47 Å². The van der Waals surface area contributed by atoms with Crippen LogP contribution in [0.2, 0.25) is 5.02 Å². The normalized spacial score (nSPS) is 10.8. The van der Waals surface area contributed by atoms with Crippen LogP contribution in [0.1, 0.15) is 27.9 Å². The second-order valence-corrected chi connectivity index (χ2v) is 7.50. The molecule has 2 aromatic heterocycles. The lowest BCUT2D eigenvalue weighted by Gasteiger charge is -2.20. The summed E-state index contributed by atoms with van der Waals surface area (Å²) in [6.45, 7) is 3.58. The van der Waals surface area contributed by atoms with Gasteiger partial charge in [-0.3, -0.25) is 9.69 Å². The molecule has 0 saturated carbocycles. The van der Waals surface area contributed by atoms with Crippen LogP contribution in [-0.2, 0) is 16.1 Å². The minimum absolute atomic E-state index is 0.141. The summed E-state index contributed by atoms with van der Waals surface area (Å²) in [4.78, 5) is 34.7. The number of amides is 1. The SMILES string of the molecule is COC(=O)c1cc2cc(Cl)cc(CN(C(C)=O)c3csc(C)n3)c2nc1OC. The maximum atomic E-state index is 12.2. The molecular weight excluding hydrogens is 402 g/mol. The van der Waals surface area contributed by atoms with E-state index in [1.54, 1.807) is 23.1 Å². The first-order chi connectivity index (χ1) is 13.3. The van der Waals surface area contributed by atoms with Gasteiger partial charge in [0.05, 0.1) is 31.3 Å². The predicted octanol–water partition coefficient (Wildman–Crippen LogP) is 4.00. The number of nitrogens with zero attached hydrogens (tertiary/aromatic N) is 3. The van der Waals surface area contributed by atoms with Crippen LogP contribution in [0.15, 0.2) is 23.6 Å². The van der Waals surface area contributed by atoms with E-state index in [-0.39, 0.29) is 23.9 Å². The number of hydrogen-bond acceptors (Lipinski definition) is 7. The summed E-state index contributed by atoms with van der Waals surface area (Å²) in [7, 11) is 2.71. The molecule has 2 heterocycles. The van der Waals surface area contributed by atoms with Crippen LogP contribution in [0.25, 0.3) is 10.9 Å². The van der Waals surface area contributed by atoms with Crippen molar-refractivity contribution in [1.82, 2.24) is 9.97 Å². The minimum Gasteiger partial charge on any atom is -0.480 e. The Kier molecular flexibility index (Phi) is 5.81. The topological polar surface area (TPSA) is 81.6 Å². The third kappa shape index (κ3) is 3.93. The van der Waals surface area contributed by atoms with E-state index < -0.39 is 5.97 Å². The van der Waals surface area contributed by atoms with E-state index >= 15 is 0 Å². The second kappa shape index (κ2) is 8.12. The number of rotatable bonds is 5. The van der Waals surface area contributed by atoms with Gasteiger partial charge in [0.2, 0.25) is 11.8 Å². The van der Waals surface area contributed by atoms with Gasteiger partial charge >= 0.3 is 5.97 Å². The lowest BCUT2D eigenvalue weighted by atomic mass is 10.1. The Morgan fingerprint density at radius 3 is 2.54 bits per heavy atom. The predicted molar refractivity (Wildman–Crippen MR) is 108 cm³/mol. The maximum absolute atomic E-state index is 12.2. The Bertz CT molecular complexity index is 1070. The molecule has 7 nitrogen and oxygen atoms in total. The smallest absolute Gasteiger partial charge is 0.343 e. The van der Waals surface area contributed by atoms with Crippen molar-refractivity contribution in [3.8, 4) is 5.88 Å². The van der Waals surface area contributed by atoms with Crippen LogP contribution < -0.4 is 9.64 Å². The molecule has 0 spiro atoms. The van der Waals surface area contributed by atoms with Crippen LogP contribution in [0, 0.1) is 6.92 Å². The van der Waals surface area contributed by atoms with Crippen LogP contribution in [-0.4, -0.2) is 36.1 Å². The quantitative estimate of drug-likeness (QED) is 0.581. The molecule has 0 bridgehead atoms. The van der Waals surface area contributed by atoms with Crippen molar-refractivity contribution in [2.45, 2.75) is 20.4 Å². The Morgan fingerprint density at radius 2 is 1.96 bits per heavy atom. The highest BCUT2D eigenvalue weighted by Crippen LogP contribution is 2.30. The van der Waals surface area contributed by atoms with Gasteiger partial charge in [-0.05, 0) is 30.7 Å². The molecule has 28 heavy (non-hydrogen) atoms. The minimum atomic E-state index is -0.559. The fraction of sp³-hybridized carbons (Fsp3) is 0.263. The summed E-state index contributed by atoms with van der Waals surface area (Å²) in [6.07, 6.45) is 0. The Balaban J connectivity index is 2.14. The molecule has 3 aromatic rings. The van der Waals surface area contributed by atoms with Crippen LogP contribution in [0.3, 0.4) is 0 Å². The Hall–Kier alpha value is -2.71. The van der Waals surface area contributed by atoms with Crippen molar-refractivity contribution in [1.29, 1.82) is 0 Å². The van der Waals surface area contributed by atoms with Crippen molar-refractivity contribution >= 4 is 51.5 Å². The number of fused-ring (bicyclic) bond motifs is 1. The van der Waals surface area contributed by atoms with Gasteiger partial charge in [0.15, 0.2) is 0 Å². The van der Waals surface area contributed by atoms with Gasteiger partial charge in [-0.25, -0.2) is 14.8 Å². The third-order valence-corrected chi connectivity index (χ3v) is 5.10. The van der Waals surface area contributed by atoms with Gasteiger partial charge in [0, 0.05) is 22.7 Å². The summed E-state index contributed by atoms with van der Waals surface area (Å²) in [5.41, 5.74) is 1.48. The molecule has 0 unspecified atom stereocenters. The molecule has 146 valence electrons. The van der Waals surface area contributed by atoms with Crippen molar-refractivity contribution in [2.24, 2.45) is 0 Å². The number of esters is 1. The summed E-state index contributed by atoms with van der Waals surface area (Å²) in [6, 6.07) is 5.06. The lowest BCUT2D eigenvalue weighted by molar-refractivity contribution is -0.116. The van der Waals surface area contributed by atoms with Crippen LogP contribution in [0.5, 0.6) is 5.88 Å². The molecule has 0 N–H and O–H groups in total. The first-order valence-electron chi connectivity index (χ1n) is 8.29. The fourth-order valence-electron chi connectivity index (χ4n) is 2.84. The zero-order chi connectivity index (χ0) is 20.4. The zero-order valence-electron chi connectivity index (χ0n) is 15.8. The van der Waals surface area contributed by atoms with Gasteiger partial charge in [0.25, 0.3) is 0 Å². The number of benzene rings is 1. The number of thiazole rings is 1. The molecule has 0 aliphatic carbocycles. The van der Waals surface area contributed by atoms with E-state index in [4.69, 9.17) is 21.1 Å². The molecule has 0 aliphatic rings. The standard InChI is InChI=1S/C19H18ClN3O4S/c1-10-21-16(9-28-10)23(11(2)24)8-13-6-14(20)5-12-7-15(19(25)27-4)18(26-3)22-17(12)13/h5-7,9H,8H2,1-4H3. The number of halogens is 1. The average Bonchev–Trinajstić information content (AvgIpc) is 3.09. The number of aryl methyl sites for hydroxylation is 1. The van der Waals surface area contributed by atoms with Gasteiger partial charge in [-0.2, -0.15) is 0 Å². The third-order valence-electron chi connectivity index (χ3n) is 4.12. The van der Waals surface area contributed by atoms with E-state index in [1.165, 1.54) is 32.5 Å². The van der Waals surface area contributed by atoms with Crippen molar-refractivity contribution in [2.75, 3.05) is 19.1 Å². The molecular formula is C19H18ClN3O4S. The van der Waals surface area contributed by atoms with E-state index in [9.17, 15) is 9.59 Å². The van der Waals surface area contributed by atoms with E-state index in [1.807, 2.05) is 12.3 Å². The summed E-state index contributed by atoms with van der Waals surface area (Å²) >= 11 is 7.75. The maximum Gasteiger partial charge on any atom is 0.343 e. The molecule has 9 heteroatoms. The average molecular weight is 420 g/mol. The highest BCUT2D eigenvalue weighted by Gasteiger charge is 2.21. The first kappa shape index (κ1) is 20.0. The van der Waals surface area contributed by atoms with Crippen molar-refractivity contribution in [3.63, 3.8) is 0 Å². The highest BCUT2D eigenvalue weighted by molar-refractivity contribution is 7.09. The molecule has 1 amide bonds. The fourth-order valence-corrected chi connectivity index (χ4v) is 3.69. The number of pyridine rings is 1. The largest absolute Gasteiger partial charge is 0.480 e. The number of anilines is 1. The summed E-state index contributed by atoms with van der Waals surface area (Å²) in [5.74, 6) is -0.00395. The molecule has 1 aromatic carbocycles. The Morgan fingerprint density at radius 1 is 1.21 bits per heavy atom. The van der Waals surface area contributed by atoms with E-state index in [0.29, 0.717) is 27.3 Å². The summed E-state index contributed by atoms with van der Waals surface area (Å²) < 4.78 is 10.1. The van der Waals surface area contributed by atoms with Crippen LogP contribution in [0.4, 0.5) is 5.82 Å². The van der Waals surface area contributed by atoms with Crippen molar-refractivity contribution < 1.29 is 19.1 Å². The monoisotopic (exact) mass is 419 g/mol. The second-order valence-electron chi connectivity index (χ2n) is 6.00. The lowest BCUT2D eigenvalue weighted by Crippen LogP contribution is -2.28. The molecule has 3 rings (SSSR count). The van der Waals surface area contributed by atoms with Crippen LogP contribution >= 0.6 is 22.9 Å².